The van der Waals surface area contributed by atoms with Gasteiger partial charge in [-0.05, 0) is 37.0 Å². The van der Waals surface area contributed by atoms with Crippen molar-refractivity contribution in [1.29, 1.82) is 0 Å². The molecule has 0 bridgehead atoms. The molecule has 0 spiro atoms. The van der Waals surface area contributed by atoms with Gasteiger partial charge in [0.25, 0.3) is 0 Å². The average Bonchev–Trinajstić information content (AvgIpc) is 3.34. The Morgan fingerprint density at radius 1 is 1.17 bits per heavy atom. The van der Waals surface area contributed by atoms with Gasteiger partial charge in [-0.2, -0.15) is 0 Å². The van der Waals surface area contributed by atoms with Gasteiger partial charge < -0.3 is 15.8 Å². The molecule has 2 aromatic carbocycles. The summed E-state index contributed by atoms with van der Waals surface area (Å²) in [5.74, 6) is 0.791. The van der Waals surface area contributed by atoms with Crippen molar-refractivity contribution in [3.05, 3.63) is 54.1 Å². The van der Waals surface area contributed by atoms with Crippen LogP contribution in [0.2, 0.25) is 0 Å². The van der Waals surface area contributed by atoms with E-state index in [1.54, 1.807) is 7.11 Å². The van der Waals surface area contributed by atoms with E-state index in [1.807, 2.05) is 55.5 Å². The van der Waals surface area contributed by atoms with E-state index in [0.29, 0.717) is 0 Å². The minimum Gasteiger partial charge on any atom is -0.496 e. The molecular weight excluding hydrogens is 288 g/mol. The van der Waals surface area contributed by atoms with E-state index in [9.17, 15) is 4.79 Å². The highest BCUT2D eigenvalue weighted by Gasteiger charge is 2.46. The molecule has 1 unspecified atom stereocenters. The van der Waals surface area contributed by atoms with Crippen LogP contribution in [-0.2, 0) is 4.79 Å². The Morgan fingerprint density at radius 3 is 2.43 bits per heavy atom. The lowest BCUT2D eigenvalue weighted by Crippen LogP contribution is -2.43. The van der Waals surface area contributed by atoms with E-state index >= 15 is 0 Å². The number of ether oxygens (including phenoxy) is 1. The molecule has 1 saturated carbocycles. The van der Waals surface area contributed by atoms with E-state index in [2.05, 4.69) is 5.32 Å². The fraction of sp³-hybridized carbons (Fsp3) is 0.316. The maximum absolute atomic E-state index is 12.0. The lowest BCUT2D eigenvalue weighted by atomic mass is 10.0. The zero-order chi connectivity index (χ0) is 16.4. The van der Waals surface area contributed by atoms with Crippen molar-refractivity contribution in [3.63, 3.8) is 0 Å². The summed E-state index contributed by atoms with van der Waals surface area (Å²) in [6, 6.07) is 16.0. The second kappa shape index (κ2) is 6.05. The summed E-state index contributed by atoms with van der Waals surface area (Å²) in [6.45, 7) is 1.97. The molecule has 3 rings (SSSR count). The molecule has 3 N–H and O–H groups in total. The number of amides is 1. The number of rotatable bonds is 5. The molecule has 0 aliphatic heterocycles. The van der Waals surface area contributed by atoms with Crippen LogP contribution in [0.15, 0.2) is 48.5 Å². The van der Waals surface area contributed by atoms with Crippen LogP contribution in [0.4, 0.5) is 0 Å². The number of hydrogen-bond acceptors (Lipinski definition) is 3. The third-order valence-electron chi connectivity index (χ3n) is 4.42. The van der Waals surface area contributed by atoms with Crippen LogP contribution >= 0.6 is 0 Å². The van der Waals surface area contributed by atoms with Crippen LogP contribution < -0.4 is 15.8 Å². The third kappa shape index (κ3) is 3.22. The number of nitrogens with two attached hydrogens (primary N) is 1. The molecule has 120 valence electrons. The molecule has 1 atom stereocenters. The fourth-order valence-corrected chi connectivity index (χ4v) is 2.62. The van der Waals surface area contributed by atoms with Crippen molar-refractivity contribution in [3.8, 4) is 16.9 Å². The maximum Gasteiger partial charge on any atom is 0.240 e. The van der Waals surface area contributed by atoms with E-state index in [4.69, 9.17) is 10.5 Å². The molecule has 0 heterocycles. The number of carbonyl (C=O) groups is 1. The largest absolute Gasteiger partial charge is 0.496 e. The van der Waals surface area contributed by atoms with Gasteiger partial charge in [-0.15, -0.1) is 0 Å². The highest BCUT2D eigenvalue weighted by atomic mass is 16.5. The summed E-state index contributed by atoms with van der Waals surface area (Å²) in [5.41, 5.74) is 8.48. The fourth-order valence-electron chi connectivity index (χ4n) is 2.62. The van der Waals surface area contributed by atoms with Crippen molar-refractivity contribution in [2.24, 2.45) is 5.73 Å². The number of carbonyl (C=O) groups excluding carboxylic acids is 1. The van der Waals surface area contributed by atoms with Crippen molar-refractivity contribution in [2.75, 3.05) is 7.11 Å². The lowest BCUT2D eigenvalue weighted by Gasteiger charge is -2.18. The Balaban J connectivity index is 1.75. The van der Waals surface area contributed by atoms with Crippen LogP contribution in [0.5, 0.6) is 5.75 Å². The molecule has 0 radical (unpaired) electrons. The summed E-state index contributed by atoms with van der Waals surface area (Å²) < 4.78 is 5.40. The molecule has 2 aromatic rings. The molecule has 1 aliphatic carbocycles. The van der Waals surface area contributed by atoms with Gasteiger partial charge in [-0.3, -0.25) is 4.79 Å². The van der Waals surface area contributed by atoms with Crippen molar-refractivity contribution in [1.82, 2.24) is 5.32 Å². The zero-order valence-corrected chi connectivity index (χ0v) is 13.5. The molecule has 0 saturated heterocycles. The Kier molecular flexibility index (Phi) is 4.09. The van der Waals surface area contributed by atoms with Gasteiger partial charge in [-0.25, -0.2) is 0 Å². The SMILES string of the molecule is COc1ccccc1-c1ccc(C(C)NC(=O)C2(N)CC2)cc1. The second-order valence-electron chi connectivity index (χ2n) is 6.17. The number of hydrogen-bond donors (Lipinski definition) is 2. The lowest BCUT2D eigenvalue weighted by molar-refractivity contribution is -0.123. The zero-order valence-electron chi connectivity index (χ0n) is 13.5. The quantitative estimate of drug-likeness (QED) is 0.892. The summed E-state index contributed by atoms with van der Waals surface area (Å²) in [6.07, 6.45) is 1.55. The van der Waals surface area contributed by atoms with Gasteiger partial charge in [0.05, 0.1) is 18.7 Å². The van der Waals surface area contributed by atoms with Gasteiger partial charge in [0, 0.05) is 5.56 Å². The molecule has 4 heteroatoms. The normalized spacial score (nSPS) is 16.5. The predicted octanol–water partition coefficient (Wildman–Crippen LogP) is 3.03. The predicted molar refractivity (Wildman–Crippen MR) is 91.1 cm³/mol. The first kappa shape index (κ1) is 15.6. The standard InChI is InChI=1S/C19H22N2O2/c1-13(21-18(22)19(20)11-12-19)14-7-9-15(10-8-14)16-5-3-4-6-17(16)23-2/h3-10,13H,11-12,20H2,1-2H3,(H,21,22). The third-order valence-corrected chi connectivity index (χ3v) is 4.42. The van der Waals surface area contributed by atoms with Crippen molar-refractivity contribution < 1.29 is 9.53 Å². The van der Waals surface area contributed by atoms with Gasteiger partial charge >= 0.3 is 0 Å². The summed E-state index contributed by atoms with van der Waals surface area (Å²) in [5, 5.41) is 2.99. The van der Waals surface area contributed by atoms with E-state index in [0.717, 1.165) is 35.3 Å². The second-order valence-corrected chi connectivity index (χ2v) is 6.17. The van der Waals surface area contributed by atoms with Crippen molar-refractivity contribution >= 4 is 5.91 Å². The summed E-state index contributed by atoms with van der Waals surface area (Å²) in [7, 11) is 1.67. The average molecular weight is 310 g/mol. The van der Waals surface area contributed by atoms with E-state index in [-0.39, 0.29) is 11.9 Å². The smallest absolute Gasteiger partial charge is 0.240 e. The molecule has 4 nitrogen and oxygen atoms in total. The van der Waals surface area contributed by atoms with Gasteiger partial charge in [0.1, 0.15) is 5.75 Å². The number of para-hydroxylation sites is 1. The summed E-state index contributed by atoms with van der Waals surface area (Å²) in [4.78, 5) is 12.0. The molecule has 0 aromatic heterocycles. The Bertz CT molecular complexity index is 706. The van der Waals surface area contributed by atoms with Crippen molar-refractivity contribution in [2.45, 2.75) is 31.3 Å². The van der Waals surface area contributed by atoms with E-state index < -0.39 is 5.54 Å². The van der Waals surface area contributed by atoms with Crippen LogP contribution in [0.25, 0.3) is 11.1 Å². The topological polar surface area (TPSA) is 64.3 Å². The van der Waals surface area contributed by atoms with Crippen LogP contribution in [-0.4, -0.2) is 18.6 Å². The molecule has 1 fully saturated rings. The first-order valence-corrected chi connectivity index (χ1v) is 7.87. The first-order valence-electron chi connectivity index (χ1n) is 7.87. The molecular formula is C19H22N2O2. The number of benzene rings is 2. The number of nitrogens with one attached hydrogen (secondary N) is 1. The Morgan fingerprint density at radius 2 is 1.83 bits per heavy atom. The van der Waals surface area contributed by atoms with Gasteiger partial charge in [-0.1, -0.05) is 42.5 Å². The van der Waals surface area contributed by atoms with Crippen LogP contribution in [0, 0.1) is 0 Å². The molecule has 23 heavy (non-hydrogen) atoms. The molecule has 1 aliphatic rings. The monoisotopic (exact) mass is 310 g/mol. The maximum atomic E-state index is 12.0. The number of methoxy groups -OCH3 is 1. The summed E-state index contributed by atoms with van der Waals surface area (Å²) >= 11 is 0. The highest BCUT2D eigenvalue weighted by molar-refractivity contribution is 5.89. The minimum absolute atomic E-state index is 0.0567. The minimum atomic E-state index is -0.633. The van der Waals surface area contributed by atoms with E-state index in [1.165, 1.54) is 0 Å². The van der Waals surface area contributed by atoms with Gasteiger partial charge in [0.2, 0.25) is 5.91 Å². The van der Waals surface area contributed by atoms with Crippen LogP contribution in [0.1, 0.15) is 31.4 Å². The van der Waals surface area contributed by atoms with Crippen LogP contribution in [0.3, 0.4) is 0 Å². The van der Waals surface area contributed by atoms with Gasteiger partial charge in [0.15, 0.2) is 0 Å². The molecule has 1 amide bonds. The Labute approximate surface area is 136 Å². The Hall–Kier alpha value is -2.33. The highest BCUT2D eigenvalue weighted by Crippen LogP contribution is 2.33. The first-order chi connectivity index (χ1) is 11.0.